The Kier molecular flexibility index (Phi) is 3.45. The number of nitrogens with zero attached hydrogens (tertiary/aromatic N) is 2. The molecule has 2 aromatic rings. The van der Waals surface area contributed by atoms with Crippen molar-refractivity contribution < 1.29 is 4.79 Å². The van der Waals surface area contributed by atoms with E-state index in [0.717, 1.165) is 43.6 Å². The van der Waals surface area contributed by atoms with Gasteiger partial charge in [0, 0.05) is 37.0 Å². The van der Waals surface area contributed by atoms with E-state index in [1.807, 2.05) is 18.5 Å². The molecule has 4 rings (SSSR count). The van der Waals surface area contributed by atoms with E-state index in [0.29, 0.717) is 0 Å². The molecule has 4 nitrogen and oxygen atoms in total. The molecule has 4 heteroatoms. The SMILES string of the molecule is O=C(N[C@H]1CCc2nccn2C1)c1ccc2c(c1)CCCC2. The van der Waals surface area contributed by atoms with Crippen molar-refractivity contribution in [3.05, 3.63) is 53.1 Å². The molecule has 0 spiro atoms. The Labute approximate surface area is 130 Å². The summed E-state index contributed by atoms with van der Waals surface area (Å²) in [6.07, 6.45) is 10.5. The van der Waals surface area contributed by atoms with E-state index < -0.39 is 0 Å². The third-order valence-corrected chi connectivity index (χ3v) is 4.88. The second kappa shape index (κ2) is 5.59. The third-order valence-electron chi connectivity index (χ3n) is 4.88. The maximum absolute atomic E-state index is 12.5. The van der Waals surface area contributed by atoms with E-state index in [1.165, 1.54) is 24.0 Å². The molecule has 0 bridgehead atoms. The van der Waals surface area contributed by atoms with Crippen molar-refractivity contribution in [1.82, 2.24) is 14.9 Å². The number of imidazole rings is 1. The molecule has 2 heterocycles. The van der Waals surface area contributed by atoms with Gasteiger partial charge in [0.1, 0.15) is 5.82 Å². The lowest BCUT2D eigenvalue weighted by atomic mass is 9.90. The standard InChI is InChI=1S/C18H21N3O/c22-18(15-6-5-13-3-1-2-4-14(13)11-15)20-16-7-8-17-19-9-10-21(17)12-16/h5-6,9-11,16H,1-4,7-8,12H2,(H,20,22)/t16-/m0/s1. The van der Waals surface area contributed by atoms with Gasteiger partial charge in [-0.15, -0.1) is 0 Å². The van der Waals surface area contributed by atoms with Crippen LogP contribution in [-0.2, 0) is 25.8 Å². The molecule has 22 heavy (non-hydrogen) atoms. The zero-order valence-corrected chi connectivity index (χ0v) is 12.7. The molecule has 0 unspecified atom stereocenters. The van der Waals surface area contributed by atoms with E-state index in [9.17, 15) is 4.79 Å². The van der Waals surface area contributed by atoms with Gasteiger partial charge >= 0.3 is 0 Å². The van der Waals surface area contributed by atoms with Gasteiger partial charge in [-0.05, 0) is 55.4 Å². The van der Waals surface area contributed by atoms with Crippen molar-refractivity contribution in [2.75, 3.05) is 0 Å². The molecule has 2 aliphatic rings. The molecule has 1 aromatic heterocycles. The normalized spacial score (nSPS) is 20.1. The van der Waals surface area contributed by atoms with Gasteiger partial charge in [0.15, 0.2) is 0 Å². The van der Waals surface area contributed by atoms with Crippen LogP contribution >= 0.6 is 0 Å². The summed E-state index contributed by atoms with van der Waals surface area (Å²) in [7, 11) is 0. The van der Waals surface area contributed by atoms with Crippen LogP contribution in [0.2, 0.25) is 0 Å². The topological polar surface area (TPSA) is 46.9 Å². The molecule has 0 saturated carbocycles. The van der Waals surface area contributed by atoms with Crippen LogP contribution in [0.15, 0.2) is 30.6 Å². The van der Waals surface area contributed by atoms with Crippen LogP contribution in [0.25, 0.3) is 0 Å². The van der Waals surface area contributed by atoms with Gasteiger partial charge < -0.3 is 9.88 Å². The maximum atomic E-state index is 12.5. The van der Waals surface area contributed by atoms with Crippen molar-refractivity contribution in [2.24, 2.45) is 0 Å². The van der Waals surface area contributed by atoms with Crippen LogP contribution < -0.4 is 5.32 Å². The Morgan fingerprint density at radius 1 is 1.18 bits per heavy atom. The Morgan fingerprint density at radius 2 is 2.05 bits per heavy atom. The summed E-state index contributed by atoms with van der Waals surface area (Å²) >= 11 is 0. The number of aromatic nitrogens is 2. The molecular formula is C18H21N3O. The molecular weight excluding hydrogens is 274 g/mol. The highest BCUT2D eigenvalue weighted by molar-refractivity contribution is 5.94. The molecule has 1 amide bonds. The summed E-state index contributed by atoms with van der Waals surface area (Å²) < 4.78 is 2.14. The second-order valence-corrected chi connectivity index (χ2v) is 6.40. The van der Waals surface area contributed by atoms with Gasteiger partial charge in [-0.25, -0.2) is 4.98 Å². The average molecular weight is 295 g/mol. The molecule has 1 atom stereocenters. The van der Waals surface area contributed by atoms with Crippen molar-refractivity contribution in [3.63, 3.8) is 0 Å². The quantitative estimate of drug-likeness (QED) is 0.925. The average Bonchev–Trinajstić information content (AvgIpc) is 3.02. The number of hydrogen-bond donors (Lipinski definition) is 1. The number of rotatable bonds is 2. The van der Waals surface area contributed by atoms with Gasteiger partial charge in [0.2, 0.25) is 0 Å². The smallest absolute Gasteiger partial charge is 0.251 e. The summed E-state index contributed by atoms with van der Waals surface area (Å²) in [6.45, 7) is 0.825. The molecule has 114 valence electrons. The molecule has 1 aliphatic heterocycles. The lowest BCUT2D eigenvalue weighted by Gasteiger charge is -2.25. The van der Waals surface area contributed by atoms with E-state index in [4.69, 9.17) is 0 Å². The van der Waals surface area contributed by atoms with Crippen LogP contribution in [0, 0.1) is 0 Å². The number of hydrogen-bond acceptors (Lipinski definition) is 2. The van der Waals surface area contributed by atoms with Gasteiger partial charge in [-0.1, -0.05) is 6.07 Å². The molecule has 0 fully saturated rings. The van der Waals surface area contributed by atoms with Crippen LogP contribution in [0.4, 0.5) is 0 Å². The van der Waals surface area contributed by atoms with Gasteiger partial charge in [-0.2, -0.15) is 0 Å². The highest BCUT2D eigenvalue weighted by Gasteiger charge is 2.21. The number of nitrogens with one attached hydrogen (secondary N) is 1. The van der Waals surface area contributed by atoms with Gasteiger partial charge in [0.05, 0.1) is 0 Å². The predicted octanol–water partition coefficient (Wildman–Crippen LogP) is 2.51. The first-order valence-electron chi connectivity index (χ1n) is 8.22. The fourth-order valence-corrected chi connectivity index (χ4v) is 3.63. The largest absolute Gasteiger partial charge is 0.347 e. The lowest BCUT2D eigenvalue weighted by molar-refractivity contribution is 0.0927. The van der Waals surface area contributed by atoms with Gasteiger partial charge in [0.25, 0.3) is 5.91 Å². The van der Waals surface area contributed by atoms with Crippen molar-refractivity contribution in [1.29, 1.82) is 0 Å². The number of aryl methyl sites for hydroxylation is 3. The fourth-order valence-electron chi connectivity index (χ4n) is 3.63. The molecule has 0 saturated heterocycles. The molecule has 1 N–H and O–H groups in total. The van der Waals surface area contributed by atoms with Gasteiger partial charge in [-0.3, -0.25) is 4.79 Å². The summed E-state index contributed by atoms with van der Waals surface area (Å²) in [4.78, 5) is 16.8. The zero-order valence-electron chi connectivity index (χ0n) is 12.7. The Hall–Kier alpha value is -2.10. The molecule has 1 aliphatic carbocycles. The Balaban J connectivity index is 1.46. The maximum Gasteiger partial charge on any atom is 0.251 e. The van der Waals surface area contributed by atoms with Crippen LogP contribution in [0.5, 0.6) is 0 Å². The number of amides is 1. The summed E-state index contributed by atoms with van der Waals surface area (Å²) in [5.74, 6) is 1.18. The number of benzene rings is 1. The first-order chi connectivity index (χ1) is 10.8. The van der Waals surface area contributed by atoms with Crippen LogP contribution in [-0.4, -0.2) is 21.5 Å². The van der Waals surface area contributed by atoms with Crippen molar-refractivity contribution >= 4 is 5.91 Å². The Morgan fingerprint density at radius 3 is 2.95 bits per heavy atom. The minimum absolute atomic E-state index is 0.0574. The van der Waals surface area contributed by atoms with Crippen molar-refractivity contribution in [3.8, 4) is 0 Å². The van der Waals surface area contributed by atoms with Crippen LogP contribution in [0.1, 0.15) is 46.6 Å². The third kappa shape index (κ3) is 2.54. The lowest BCUT2D eigenvalue weighted by Crippen LogP contribution is -2.40. The first kappa shape index (κ1) is 13.6. The predicted molar refractivity (Wildman–Crippen MR) is 84.9 cm³/mol. The number of carbonyl (C=O) groups excluding carboxylic acids is 1. The first-order valence-corrected chi connectivity index (χ1v) is 8.22. The number of fused-ring (bicyclic) bond motifs is 2. The minimum atomic E-state index is 0.0574. The van der Waals surface area contributed by atoms with E-state index >= 15 is 0 Å². The van der Waals surface area contributed by atoms with Crippen LogP contribution in [0.3, 0.4) is 0 Å². The number of carbonyl (C=O) groups is 1. The highest BCUT2D eigenvalue weighted by Crippen LogP contribution is 2.22. The fraction of sp³-hybridized carbons (Fsp3) is 0.444. The monoisotopic (exact) mass is 295 g/mol. The summed E-state index contributed by atoms with van der Waals surface area (Å²) in [5, 5.41) is 3.19. The Bertz CT molecular complexity index is 704. The summed E-state index contributed by atoms with van der Waals surface area (Å²) in [6, 6.07) is 6.41. The van der Waals surface area contributed by atoms with Crippen molar-refractivity contribution in [2.45, 2.75) is 51.1 Å². The second-order valence-electron chi connectivity index (χ2n) is 6.40. The van der Waals surface area contributed by atoms with E-state index in [2.05, 4.69) is 27.0 Å². The highest BCUT2D eigenvalue weighted by atomic mass is 16.1. The molecule has 0 radical (unpaired) electrons. The van der Waals surface area contributed by atoms with E-state index in [-0.39, 0.29) is 11.9 Å². The minimum Gasteiger partial charge on any atom is -0.347 e. The summed E-state index contributed by atoms with van der Waals surface area (Å²) in [5.41, 5.74) is 3.58. The van der Waals surface area contributed by atoms with E-state index in [1.54, 1.807) is 0 Å². The molecule has 1 aromatic carbocycles. The zero-order chi connectivity index (χ0) is 14.9.